The van der Waals surface area contributed by atoms with Crippen LogP contribution in [0, 0.1) is 12.3 Å². The van der Waals surface area contributed by atoms with Crippen molar-refractivity contribution >= 4 is 39.1 Å². The molecule has 212 valence electrons. The van der Waals surface area contributed by atoms with Crippen LogP contribution < -0.4 is 19.8 Å². The number of amides is 1. The van der Waals surface area contributed by atoms with E-state index in [0.717, 1.165) is 25.9 Å². The van der Waals surface area contributed by atoms with Crippen LogP contribution in [0.15, 0.2) is 24.3 Å². The first kappa shape index (κ1) is 27.6. The third kappa shape index (κ3) is 6.27. The highest BCUT2D eigenvalue weighted by Gasteiger charge is 2.44. The second kappa shape index (κ2) is 10.9. The molecule has 3 aliphatic rings. The van der Waals surface area contributed by atoms with Gasteiger partial charge in [-0.25, -0.2) is 17.8 Å². The van der Waals surface area contributed by atoms with Crippen molar-refractivity contribution in [3.63, 3.8) is 0 Å². The molecule has 2 saturated heterocycles. The van der Waals surface area contributed by atoms with E-state index in [2.05, 4.69) is 24.9 Å². The van der Waals surface area contributed by atoms with E-state index in [4.69, 9.17) is 0 Å². The highest BCUT2D eigenvalue weighted by Crippen LogP contribution is 2.54. The Bertz CT molecular complexity index is 1320. The number of rotatable bonds is 8. The number of aliphatic hydroxyl groups excluding tert-OH is 1. The third-order valence-corrected chi connectivity index (χ3v) is 9.93. The van der Waals surface area contributed by atoms with Gasteiger partial charge in [0.15, 0.2) is 0 Å². The Kier molecular flexibility index (Phi) is 7.69. The summed E-state index contributed by atoms with van der Waals surface area (Å²) >= 11 is 0. The predicted molar refractivity (Wildman–Crippen MR) is 150 cm³/mol. The topological polar surface area (TPSA) is 128 Å². The second-order valence-corrected chi connectivity index (χ2v) is 13.3. The van der Waals surface area contributed by atoms with Crippen molar-refractivity contribution < 1.29 is 22.7 Å². The molecule has 1 aromatic carbocycles. The van der Waals surface area contributed by atoms with E-state index in [9.17, 15) is 22.7 Å². The van der Waals surface area contributed by atoms with E-state index in [1.54, 1.807) is 24.3 Å². The van der Waals surface area contributed by atoms with Crippen LogP contribution in [0.25, 0.3) is 0 Å². The summed E-state index contributed by atoms with van der Waals surface area (Å²) in [6.45, 7) is 5.36. The number of benzene rings is 1. The molecule has 0 unspecified atom stereocenters. The maximum atomic E-state index is 13.6. The molecule has 1 saturated carbocycles. The molecular formula is C27H37FN6O4S. The minimum atomic E-state index is -3.79. The number of nitrogens with zero attached hydrogens (tertiary/aromatic N) is 4. The Balaban J connectivity index is 1.40. The van der Waals surface area contributed by atoms with Crippen LogP contribution in [0.5, 0.6) is 0 Å². The largest absolute Gasteiger partial charge is 0.395 e. The molecule has 12 heteroatoms. The van der Waals surface area contributed by atoms with Crippen molar-refractivity contribution in [1.82, 2.24) is 9.97 Å². The van der Waals surface area contributed by atoms with Crippen LogP contribution in [0.3, 0.4) is 0 Å². The Hall–Kier alpha value is -2.99. The predicted octanol–water partition coefficient (Wildman–Crippen LogP) is 3.48. The fourth-order valence-corrected chi connectivity index (χ4v) is 6.15. The van der Waals surface area contributed by atoms with E-state index in [1.165, 1.54) is 19.8 Å². The minimum absolute atomic E-state index is 0.338. The number of alkyl halides is 1. The summed E-state index contributed by atoms with van der Waals surface area (Å²) in [4.78, 5) is 26.7. The van der Waals surface area contributed by atoms with Crippen molar-refractivity contribution in [2.45, 2.75) is 63.8 Å². The molecule has 1 atom stereocenters. The number of carbonyl (C=O) groups excluding carboxylic acids is 1. The van der Waals surface area contributed by atoms with Crippen LogP contribution in [0.4, 0.5) is 27.5 Å². The smallest absolute Gasteiger partial charge is 0.258 e. The van der Waals surface area contributed by atoms with Gasteiger partial charge in [-0.05, 0) is 76.0 Å². The van der Waals surface area contributed by atoms with Crippen LogP contribution in [-0.4, -0.2) is 73.6 Å². The minimum Gasteiger partial charge on any atom is -0.395 e. The molecule has 0 bridgehead atoms. The summed E-state index contributed by atoms with van der Waals surface area (Å²) in [5.41, 5.74) is 2.52. The number of nitrogens with one attached hydrogen (secondary N) is 2. The molecule has 1 spiro atoms. The van der Waals surface area contributed by atoms with Crippen LogP contribution in [0.1, 0.15) is 61.5 Å². The molecule has 5 rings (SSSR count). The lowest BCUT2D eigenvalue weighted by molar-refractivity contribution is 0.102. The number of piperidine rings is 2. The van der Waals surface area contributed by atoms with E-state index in [0.29, 0.717) is 65.7 Å². The molecule has 1 aromatic heterocycles. The Morgan fingerprint density at radius 3 is 2.44 bits per heavy atom. The molecule has 0 radical (unpaired) electrons. The highest BCUT2D eigenvalue weighted by atomic mass is 32.2. The Labute approximate surface area is 229 Å². The molecule has 3 heterocycles. The zero-order valence-corrected chi connectivity index (χ0v) is 23.3. The molecule has 1 aliphatic carbocycles. The van der Waals surface area contributed by atoms with Gasteiger partial charge in [0.25, 0.3) is 5.91 Å². The number of hydrogen-bond acceptors (Lipinski definition) is 8. The molecule has 39 heavy (non-hydrogen) atoms. The van der Waals surface area contributed by atoms with E-state index < -0.39 is 28.1 Å². The van der Waals surface area contributed by atoms with Crippen molar-refractivity contribution in [3.05, 3.63) is 35.5 Å². The van der Waals surface area contributed by atoms with Gasteiger partial charge >= 0.3 is 0 Å². The lowest BCUT2D eigenvalue weighted by Gasteiger charge is -2.35. The van der Waals surface area contributed by atoms with Crippen LogP contribution in [-0.2, 0) is 10.0 Å². The number of sulfonamides is 1. The highest BCUT2D eigenvalue weighted by molar-refractivity contribution is 7.93. The lowest BCUT2D eigenvalue weighted by atomic mass is 9.93. The lowest BCUT2D eigenvalue weighted by Crippen LogP contribution is -2.36. The van der Waals surface area contributed by atoms with Crippen molar-refractivity contribution in [1.29, 1.82) is 0 Å². The fourth-order valence-electron chi connectivity index (χ4n) is 5.30. The number of halogens is 1. The number of aromatic nitrogens is 2. The van der Waals surface area contributed by atoms with E-state index in [-0.39, 0.29) is 5.91 Å². The number of hydrogen-bond donors (Lipinski definition) is 3. The van der Waals surface area contributed by atoms with Gasteiger partial charge in [-0.15, -0.1) is 0 Å². The Morgan fingerprint density at radius 2 is 1.79 bits per heavy atom. The summed E-state index contributed by atoms with van der Waals surface area (Å²) in [6, 6.07) is 6.57. The number of aryl methyl sites for hydroxylation is 1. The Morgan fingerprint density at radius 1 is 1.10 bits per heavy atom. The second-order valence-electron chi connectivity index (χ2n) is 11.2. The van der Waals surface area contributed by atoms with Gasteiger partial charge in [0.1, 0.15) is 17.2 Å². The number of aliphatic hydroxyl groups is 1. The average molecular weight is 561 g/mol. The van der Waals surface area contributed by atoms with Gasteiger partial charge in [-0.1, -0.05) is 0 Å². The van der Waals surface area contributed by atoms with Crippen molar-refractivity contribution in [2.24, 2.45) is 5.41 Å². The summed E-state index contributed by atoms with van der Waals surface area (Å²) in [6.07, 6.45) is 4.59. The molecule has 2 aliphatic heterocycles. The number of anilines is 4. The van der Waals surface area contributed by atoms with Gasteiger partial charge in [-0.3, -0.25) is 9.52 Å². The molecule has 3 fully saturated rings. The van der Waals surface area contributed by atoms with Crippen LogP contribution >= 0.6 is 0 Å². The quantitative estimate of drug-likeness (QED) is 0.448. The van der Waals surface area contributed by atoms with Crippen molar-refractivity contribution in [2.75, 3.05) is 52.6 Å². The average Bonchev–Trinajstić information content (AvgIpc) is 3.66. The normalized spacial score (nSPS) is 20.1. The molecular weight excluding hydrogens is 523 g/mol. The summed E-state index contributed by atoms with van der Waals surface area (Å²) in [5, 5.41) is 11.3. The maximum Gasteiger partial charge on any atom is 0.258 e. The number of carbonyl (C=O) groups is 1. The first-order chi connectivity index (χ1) is 18.6. The third-order valence-electron chi connectivity index (χ3n) is 8.20. The summed E-state index contributed by atoms with van der Waals surface area (Å²) < 4.78 is 41.3. The standard InChI is InChI=1S/C27H37FN6O4S/c1-18-15-24(31-26(29-18)34-11-5-20(28)6-12-34)30-25(36)22-4-3-21(32-39(37,38)19(2)17-35)16-23(22)33-13-9-27(7-8-27)10-14-33/h3-4,15-16,19-20,32,35H,5-14,17H2,1-2H3,(H,29,30,31,36)/t19-/m0/s1. The van der Waals surface area contributed by atoms with Gasteiger partial charge in [0.2, 0.25) is 16.0 Å². The first-order valence-electron chi connectivity index (χ1n) is 13.6. The van der Waals surface area contributed by atoms with E-state index in [1.807, 2.05) is 11.8 Å². The SMILES string of the molecule is Cc1cc(NC(=O)c2ccc(NS(=O)(=O)[C@@H](C)CO)cc2N2CCC3(CC2)CC3)nc(N2CCC(F)CC2)n1. The molecule has 1 amide bonds. The zero-order chi connectivity index (χ0) is 27.8. The molecule has 2 aromatic rings. The van der Waals surface area contributed by atoms with Crippen LogP contribution in [0.2, 0.25) is 0 Å². The monoisotopic (exact) mass is 560 g/mol. The fraction of sp³-hybridized carbons (Fsp3) is 0.593. The molecule has 10 nitrogen and oxygen atoms in total. The first-order valence-corrected chi connectivity index (χ1v) is 15.2. The van der Waals surface area contributed by atoms with Gasteiger partial charge in [-0.2, -0.15) is 4.98 Å². The summed E-state index contributed by atoms with van der Waals surface area (Å²) in [5.74, 6) is 0.459. The van der Waals surface area contributed by atoms with Crippen molar-refractivity contribution in [3.8, 4) is 0 Å². The maximum absolute atomic E-state index is 13.6. The van der Waals surface area contributed by atoms with Gasteiger partial charge in [0, 0.05) is 37.9 Å². The zero-order valence-electron chi connectivity index (χ0n) is 22.5. The van der Waals surface area contributed by atoms with Gasteiger partial charge < -0.3 is 20.2 Å². The van der Waals surface area contributed by atoms with Gasteiger partial charge in [0.05, 0.1) is 23.5 Å². The van der Waals surface area contributed by atoms with E-state index >= 15 is 0 Å². The summed E-state index contributed by atoms with van der Waals surface area (Å²) in [7, 11) is -3.79. The molecule has 3 N–H and O–H groups in total.